The zero-order chi connectivity index (χ0) is 13.8. The molecule has 0 saturated heterocycles. The summed E-state index contributed by atoms with van der Waals surface area (Å²) in [5.74, 6) is 0.719. The van der Waals surface area contributed by atoms with Gasteiger partial charge in [0.05, 0.1) is 24.0 Å². The van der Waals surface area contributed by atoms with Gasteiger partial charge in [-0.2, -0.15) is 0 Å². The van der Waals surface area contributed by atoms with Crippen molar-refractivity contribution in [3.05, 3.63) is 35.1 Å². The van der Waals surface area contributed by atoms with Crippen molar-refractivity contribution in [2.45, 2.75) is 18.6 Å². The molecule has 1 unspecified atom stereocenters. The van der Waals surface area contributed by atoms with Crippen LogP contribution in [0.1, 0.15) is 12.5 Å². The number of rotatable bonds is 5. The second kappa shape index (κ2) is 6.16. The highest BCUT2D eigenvalue weighted by molar-refractivity contribution is 7.84. The number of ether oxygens (including phenoxy) is 1. The van der Waals surface area contributed by atoms with Crippen LogP contribution in [0.4, 0.5) is 0 Å². The average molecular weight is 300 g/mol. The van der Waals surface area contributed by atoms with Crippen molar-refractivity contribution in [1.82, 2.24) is 14.8 Å². The first-order valence-corrected chi connectivity index (χ1v) is 7.68. The van der Waals surface area contributed by atoms with Crippen LogP contribution in [0.2, 0.25) is 5.02 Å². The van der Waals surface area contributed by atoms with Crippen LogP contribution in [0, 0.1) is 0 Å². The summed E-state index contributed by atoms with van der Waals surface area (Å²) in [5, 5.41) is 8.65. The normalized spacial score (nSPS) is 12.4. The summed E-state index contributed by atoms with van der Waals surface area (Å²) in [6.07, 6.45) is 3.10. The molecule has 19 heavy (non-hydrogen) atoms. The Hall–Kier alpha value is -1.40. The summed E-state index contributed by atoms with van der Waals surface area (Å²) in [5.41, 5.74) is 0.831. The molecule has 0 amide bonds. The predicted molar refractivity (Wildman–Crippen MR) is 74.1 cm³/mol. The molecule has 0 spiro atoms. The van der Waals surface area contributed by atoms with Crippen molar-refractivity contribution < 1.29 is 8.95 Å². The largest absolute Gasteiger partial charge is 0.493 e. The third kappa shape index (κ3) is 3.13. The molecule has 1 atom stereocenters. The Balaban J connectivity index is 2.37. The Kier molecular flexibility index (Phi) is 4.55. The standard InChI is InChI=1S/C12H14ClN3O2S/c1-3-18-11-6-4-5-10(13)9(11)7-16-8-14-15-12(16)19(2)17/h4-6,8H,3,7H2,1-2H3. The van der Waals surface area contributed by atoms with Crippen molar-refractivity contribution >= 4 is 22.4 Å². The maximum absolute atomic E-state index is 11.5. The lowest BCUT2D eigenvalue weighted by atomic mass is 10.2. The van der Waals surface area contributed by atoms with E-state index < -0.39 is 10.8 Å². The van der Waals surface area contributed by atoms with Crippen molar-refractivity contribution in [3.63, 3.8) is 0 Å². The highest BCUT2D eigenvalue weighted by Gasteiger charge is 2.13. The fourth-order valence-electron chi connectivity index (χ4n) is 1.73. The second-order valence-corrected chi connectivity index (χ2v) is 5.53. The fraction of sp³-hybridized carbons (Fsp3) is 0.333. The van der Waals surface area contributed by atoms with E-state index in [1.54, 1.807) is 16.9 Å². The van der Waals surface area contributed by atoms with E-state index >= 15 is 0 Å². The quantitative estimate of drug-likeness (QED) is 0.848. The van der Waals surface area contributed by atoms with Gasteiger partial charge in [0, 0.05) is 16.8 Å². The maximum atomic E-state index is 11.5. The molecule has 0 aliphatic rings. The molecule has 1 aromatic carbocycles. The van der Waals surface area contributed by atoms with Crippen molar-refractivity contribution in [1.29, 1.82) is 0 Å². The topological polar surface area (TPSA) is 57.0 Å². The minimum Gasteiger partial charge on any atom is -0.493 e. The molecule has 2 rings (SSSR count). The lowest BCUT2D eigenvalue weighted by molar-refractivity contribution is 0.335. The molecule has 0 saturated carbocycles. The number of aromatic nitrogens is 3. The monoisotopic (exact) mass is 299 g/mol. The van der Waals surface area contributed by atoms with Crippen molar-refractivity contribution in [3.8, 4) is 5.75 Å². The van der Waals surface area contributed by atoms with Crippen molar-refractivity contribution in [2.75, 3.05) is 12.9 Å². The molecule has 0 aliphatic carbocycles. The van der Waals surface area contributed by atoms with E-state index in [-0.39, 0.29) is 0 Å². The van der Waals surface area contributed by atoms with Gasteiger partial charge in [0.1, 0.15) is 12.1 Å². The Morgan fingerprint density at radius 2 is 2.26 bits per heavy atom. The summed E-state index contributed by atoms with van der Waals surface area (Å²) in [4.78, 5) is 0. The lowest BCUT2D eigenvalue weighted by Gasteiger charge is -2.12. The number of nitrogens with zero attached hydrogens (tertiary/aromatic N) is 3. The predicted octanol–water partition coefficient (Wildman–Crippen LogP) is 2.12. The van der Waals surface area contributed by atoms with Crippen LogP contribution in [0.3, 0.4) is 0 Å². The molecule has 2 aromatic rings. The van der Waals surface area contributed by atoms with Gasteiger partial charge in [-0.05, 0) is 19.1 Å². The summed E-state index contributed by atoms with van der Waals surface area (Å²) in [6.45, 7) is 2.90. The molecule has 0 aliphatic heterocycles. The van der Waals surface area contributed by atoms with Gasteiger partial charge in [0.15, 0.2) is 0 Å². The molecule has 102 valence electrons. The van der Waals surface area contributed by atoms with E-state index in [1.807, 2.05) is 19.1 Å². The Labute approximate surface area is 119 Å². The minimum absolute atomic E-state index is 0.419. The van der Waals surface area contributed by atoms with Crippen LogP contribution in [-0.4, -0.2) is 31.8 Å². The van der Waals surface area contributed by atoms with Gasteiger partial charge in [-0.25, -0.2) is 0 Å². The fourth-order valence-corrected chi connectivity index (χ4v) is 2.56. The van der Waals surface area contributed by atoms with Crippen LogP contribution in [0.5, 0.6) is 5.75 Å². The van der Waals surface area contributed by atoms with Gasteiger partial charge in [0.2, 0.25) is 5.16 Å². The van der Waals surface area contributed by atoms with Crippen LogP contribution >= 0.6 is 11.6 Å². The molecule has 0 fully saturated rings. The van der Waals surface area contributed by atoms with E-state index in [0.29, 0.717) is 23.3 Å². The van der Waals surface area contributed by atoms with E-state index in [4.69, 9.17) is 16.3 Å². The Morgan fingerprint density at radius 3 is 2.95 bits per heavy atom. The number of halogens is 1. The summed E-state index contributed by atoms with van der Waals surface area (Å²) >= 11 is 6.20. The molecule has 5 nitrogen and oxygen atoms in total. The summed E-state index contributed by atoms with van der Waals surface area (Å²) < 4.78 is 18.8. The molecule has 0 radical (unpaired) electrons. The zero-order valence-electron chi connectivity index (χ0n) is 10.7. The molecule has 0 N–H and O–H groups in total. The third-order valence-corrected chi connectivity index (χ3v) is 3.73. The number of benzene rings is 1. The number of hydrogen-bond acceptors (Lipinski definition) is 4. The minimum atomic E-state index is -1.19. The highest BCUT2D eigenvalue weighted by atomic mass is 35.5. The smallest absolute Gasteiger partial charge is 0.221 e. The SMILES string of the molecule is CCOc1cccc(Cl)c1Cn1cnnc1S(C)=O. The van der Waals surface area contributed by atoms with Gasteiger partial charge in [-0.1, -0.05) is 17.7 Å². The Morgan fingerprint density at radius 1 is 1.47 bits per heavy atom. The molecule has 7 heteroatoms. The first-order valence-electron chi connectivity index (χ1n) is 5.75. The molecule has 1 heterocycles. The van der Waals surface area contributed by atoms with Crippen LogP contribution in [0.15, 0.2) is 29.7 Å². The van der Waals surface area contributed by atoms with E-state index in [1.165, 1.54) is 6.33 Å². The van der Waals surface area contributed by atoms with E-state index in [9.17, 15) is 4.21 Å². The Bertz CT molecular complexity index is 600. The molecular weight excluding hydrogens is 286 g/mol. The average Bonchev–Trinajstić information content (AvgIpc) is 2.82. The molecule has 1 aromatic heterocycles. The highest BCUT2D eigenvalue weighted by Crippen LogP contribution is 2.27. The summed E-state index contributed by atoms with van der Waals surface area (Å²) in [7, 11) is -1.19. The van der Waals surface area contributed by atoms with Crippen molar-refractivity contribution in [2.24, 2.45) is 0 Å². The van der Waals surface area contributed by atoms with E-state index in [2.05, 4.69) is 10.2 Å². The third-order valence-electron chi connectivity index (χ3n) is 2.54. The molecular formula is C12H14ClN3O2S. The van der Waals surface area contributed by atoms with E-state index in [0.717, 1.165) is 11.3 Å². The molecule has 0 bridgehead atoms. The van der Waals surface area contributed by atoms with Crippen LogP contribution < -0.4 is 4.74 Å². The van der Waals surface area contributed by atoms with Gasteiger partial charge in [0.25, 0.3) is 0 Å². The zero-order valence-corrected chi connectivity index (χ0v) is 12.2. The van der Waals surface area contributed by atoms with Crippen LogP contribution in [0.25, 0.3) is 0 Å². The van der Waals surface area contributed by atoms with Gasteiger partial charge in [-0.15, -0.1) is 10.2 Å². The van der Waals surface area contributed by atoms with Gasteiger partial charge >= 0.3 is 0 Å². The number of hydrogen-bond donors (Lipinski definition) is 0. The first kappa shape index (κ1) is 14.0. The summed E-state index contributed by atoms with van der Waals surface area (Å²) in [6, 6.07) is 5.49. The van der Waals surface area contributed by atoms with Gasteiger partial charge in [-0.3, -0.25) is 4.21 Å². The second-order valence-electron chi connectivity index (χ2n) is 3.85. The van der Waals surface area contributed by atoms with Crippen LogP contribution in [-0.2, 0) is 17.3 Å². The maximum Gasteiger partial charge on any atom is 0.221 e. The van der Waals surface area contributed by atoms with Gasteiger partial charge < -0.3 is 9.30 Å². The lowest BCUT2D eigenvalue weighted by Crippen LogP contribution is -2.07. The first-order chi connectivity index (χ1) is 9.13.